The van der Waals surface area contributed by atoms with Crippen LogP contribution in [0.5, 0.6) is 0 Å². The van der Waals surface area contributed by atoms with Gasteiger partial charge in [-0.05, 0) is 49.0 Å². The van der Waals surface area contributed by atoms with Crippen molar-refractivity contribution in [1.82, 2.24) is 0 Å². The minimum Gasteiger partial charge on any atom is -0.481 e. The number of carbonyl (C=O) groups is 2. The Morgan fingerprint density at radius 1 is 1.35 bits per heavy atom. The highest BCUT2D eigenvalue weighted by molar-refractivity contribution is 7.89. The van der Waals surface area contributed by atoms with Gasteiger partial charge in [0.25, 0.3) is 0 Å². The highest BCUT2D eigenvalue weighted by Gasteiger charge is 2.65. The van der Waals surface area contributed by atoms with Gasteiger partial charge in [0.15, 0.2) is 0 Å². The van der Waals surface area contributed by atoms with Gasteiger partial charge in [-0.25, -0.2) is 13.6 Å². The van der Waals surface area contributed by atoms with Crippen molar-refractivity contribution in [3.05, 3.63) is 0 Å². The van der Waals surface area contributed by atoms with Gasteiger partial charge in [-0.2, -0.15) is 0 Å². The van der Waals surface area contributed by atoms with Gasteiger partial charge in [0.1, 0.15) is 5.78 Å². The molecule has 0 unspecified atom stereocenters. The molecule has 0 saturated heterocycles. The molecule has 2 aliphatic rings. The van der Waals surface area contributed by atoms with Gasteiger partial charge in [-0.15, -0.1) is 0 Å². The number of hydrogen-bond acceptors (Lipinski definition) is 5. The van der Waals surface area contributed by atoms with Crippen molar-refractivity contribution in [2.45, 2.75) is 59.8 Å². The lowest BCUT2D eigenvalue weighted by atomic mass is 9.70. The monoisotopic (exact) mass is 390 g/mol. The Labute approximate surface area is 156 Å². The molecule has 0 amide bonds. The Hall–Kier alpha value is -0.990. The van der Waals surface area contributed by atoms with Gasteiger partial charge in [-0.1, -0.05) is 27.7 Å². The summed E-state index contributed by atoms with van der Waals surface area (Å²) < 4.78 is 22.5. The number of Topliss-reactive ketones (excluding diaryl/α,β-unsaturated/α-hetero) is 1. The maximum Gasteiger partial charge on any atom is 0.303 e. The summed E-state index contributed by atoms with van der Waals surface area (Å²) in [6.07, 6.45) is 3.27. The van der Waals surface area contributed by atoms with Crippen LogP contribution in [0.3, 0.4) is 0 Å². The molecular formula is C18H34N2O5S. The molecule has 8 heteroatoms. The summed E-state index contributed by atoms with van der Waals surface area (Å²) in [7, 11) is -3.58. The maximum absolute atomic E-state index is 11.9. The molecule has 2 rings (SSSR count). The molecule has 2 aliphatic carbocycles. The highest BCUT2D eigenvalue weighted by atomic mass is 32.2. The zero-order valence-corrected chi connectivity index (χ0v) is 17.1. The van der Waals surface area contributed by atoms with Crippen molar-refractivity contribution in [2.75, 3.05) is 12.3 Å². The Morgan fingerprint density at radius 2 is 1.92 bits per heavy atom. The second-order valence-corrected chi connectivity index (χ2v) is 10.4. The molecule has 2 fully saturated rings. The summed E-state index contributed by atoms with van der Waals surface area (Å²) in [6, 6.07) is 0. The van der Waals surface area contributed by atoms with E-state index in [0.29, 0.717) is 31.2 Å². The summed E-state index contributed by atoms with van der Waals surface area (Å²) in [5.74, 6) is 0.184. The van der Waals surface area contributed by atoms with E-state index in [1.165, 1.54) is 0 Å². The van der Waals surface area contributed by atoms with Crippen molar-refractivity contribution >= 4 is 21.8 Å². The molecule has 0 aromatic rings. The minimum absolute atomic E-state index is 0.0952. The van der Waals surface area contributed by atoms with Crippen LogP contribution in [-0.4, -0.2) is 37.6 Å². The molecule has 2 saturated carbocycles. The van der Waals surface area contributed by atoms with Crippen molar-refractivity contribution in [3.8, 4) is 0 Å². The van der Waals surface area contributed by atoms with Gasteiger partial charge < -0.3 is 10.8 Å². The predicted molar refractivity (Wildman–Crippen MR) is 101 cm³/mol. The SMILES string of the molecule is CC(C)C[C@H](CN)CC(=O)O.CC1(C)[C@H]2CC[C@]1(CS(N)(=O)=O)C(=O)C2. The number of nitrogens with two attached hydrogens (primary N) is 2. The third-order valence-electron chi connectivity index (χ3n) is 6.19. The fourth-order valence-electron chi connectivity index (χ4n) is 4.63. The van der Waals surface area contributed by atoms with Crippen molar-refractivity contribution in [2.24, 2.45) is 39.5 Å². The molecule has 0 aromatic carbocycles. The largest absolute Gasteiger partial charge is 0.481 e. The van der Waals surface area contributed by atoms with Crippen LogP contribution in [0, 0.1) is 28.6 Å². The van der Waals surface area contributed by atoms with Gasteiger partial charge in [0, 0.05) is 18.3 Å². The van der Waals surface area contributed by atoms with E-state index in [0.717, 1.165) is 12.8 Å². The van der Waals surface area contributed by atoms with Crippen LogP contribution in [-0.2, 0) is 19.6 Å². The molecule has 5 N–H and O–H groups in total. The average molecular weight is 391 g/mol. The number of fused-ring (bicyclic) bond motifs is 2. The number of carbonyl (C=O) groups excluding carboxylic acids is 1. The molecule has 152 valence electrons. The maximum atomic E-state index is 11.9. The van der Waals surface area contributed by atoms with E-state index >= 15 is 0 Å². The van der Waals surface area contributed by atoms with Crippen LogP contribution < -0.4 is 10.9 Å². The van der Waals surface area contributed by atoms with Gasteiger partial charge >= 0.3 is 5.97 Å². The molecular weight excluding hydrogens is 356 g/mol. The van der Waals surface area contributed by atoms with Crippen LogP contribution in [0.1, 0.15) is 59.8 Å². The first kappa shape index (κ1) is 23.0. The second-order valence-electron chi connectivity index (χ2n) is 8.80. The van der Waals surface area contributed by atoms with E-state index < -0.39 is 21.4 Å². The minimum atomic E-state index is -3.58. The highest BCUT2D eigenvalue weighted by Crippen LogP contribution is 2.64. The van der Waals surface area contributed by atoms with E-state index in [-0.39, 0.29) is 29.3 Å². The molecule has 0 heterocycles. The zero-order chi connectivity index (χ0) is 20.3. The first-order valence-corrected chi connectivity index (χ1v) is 10.9. The van der Waals surface area contributed by atoms with Crippen LogP contribution in [0.25, 0.3) is 0 Å². The predicted octanol–water partition coefficient (Wildman–Crippen LogP) is 1.75. The number of rotatable bonds is 7. The molecule has 7 nitrogen and oxygen atoms in total. The second kappa shape index (κ2) is 8.35. The van der Waals surface area contributed by atoms with E-state index in [1.54, 1.807) is 0 Å². The lowest BCUT2D eigenvalue weighted by Crippen LogP contribution is -2.43. The van der Waals surface area contributed by atoms with Gasteiger partial charge in [0.2, 0.25) is 10.0 Å². The van der Waals surface area contributed by atoms with E-state index in [4.69, 9.17) is 16.0 Å². The number of carboxylic acids is 1. The first-order chi connectivity index (χ1) is 11.7. The van der Waals surface area contributed by atoms with Gasteiger partial charge in [-0.3, -0.25) is 9.59 Å². The number of sulfonamides is 1. The van der Waals surface area contributed by atoms with Crippen LogP contribution in [0.4, 0.5) is 0 Å². The number of carboxylic acid groups (broad SMARTS) is 1. The first-order valence-electron chi connectivity index (χ1n) is 9.20. The average Bonchev–Trinajstić information content (AvgIpc) is 2.78. The van der Waals surface area contributed by atoms with E-state index in [9.17, 15) is 18.0 Å². The molecule has 0 aromatic heterocycles. The van der Waals surface area contributed by atoms with Gasteiger partial charge in [0.05, 0.1) is 5.75 Å². The molecule has 3 atom stereocenters. The summed E-state index contributed by atoms with van der Waals surface area (Å²) in [5, 5.41) is 13.6. The standard InChI is InChI=1S/C10H17NO3S.C8H17NO2/c1-9(2)7-3-4-10(9,8(12)5-7)6-15(11,13)14;1-6(2)3-7(5-9)4-8(10)11/h7H,3-6H2,1-2H3,(H2,11,13,14);6-7H,3-5,9H2,1-2H3,(H,10,11)/t7-,10-;7-/m00/s1. The summed E-state index contributed by atoms with van der Waals surface area (Å²) >= 11 is 0. The fraction of sp³-hybridized carbons (Fsp3) is 0.889. The van der Waals surface area contributed by atoms with Crippen molar-refractivity contribution in [3.63, 3.8) is 0 Å². The number of primary sulfonamides is 1. The smallest absolute Gasteiger partial charge is 0.303 e. The van der Waals surface area contributed by atoms with E-state index in [1.807, 2.05) is 13.8 Å². The zero-order valence-electron chi connectivity index (χ0n) is 16.3. The van der Waals surface area contributed by atoms with Crippen molar-refractivity contribution in [1.29, 1.82) is 0 Å². The van der Waals surface area contributed by atoms with E-state index in [2.05, 4.69) is 13.8 Å². The third-order valence-corrected chi connectivity index (χ3v) is 7.08. The third kappa shape index (κ3) is 5.27. The lowest BCUT2D eigenvalue weighted by molar-refractivity contribution is -0.138. The molecule has 2 bridgehead atoms. The van der Waals surface area contributed by atoms with Crippen molar-refractivity contribution < 1.29 is 23.1 Å². The van der Waals surface area contributed by atoms with Crippen LogP contribution in [0.15, 0.2) is 0 Å². The van der Waals surface area contributed by atoms with Crippen LogP contribution >= 0.6 is 0 Å². The number of aliphatic carboxylic acids is 1. The Bertz CT molecular complexity index is 629. The normalized spacial score (nSPS) is 28.0. The summed E-state index contributed by atoms with van der Waals surface area (Å²) in [4.78, 5) is 22.2. The summed E-state index contributed by atoms with van der Waals surface area (Å²) in [6.45, 7) is 8.63. The number of hydrogen-bond donors (Lipinski definition) is 3. The quantitative estimate of drug-likeness (QED) is 0.605. The molecule has 0 radical (unpaired) electrons. The topological polar surface area (TPSA) is 141 Å². The summed E-state index contributed by atoms with van der Waals surface area (Å²) in [5.41, 5.74) is 4.49. The molecule has 26 heavy (non-hydrogen) atoms. The Kier molecular flexibility index (Phi) is 7.41. The molecule has 0 spiro atoms. The van der Waals surface area contributed by atoms with Crippen LogP contribution in [0.2, 0.25) is 0 Å². The Morgan fingerprint density at radius 3 is 2.23 bits per heavy atom. The lowest BCUT2D eigenvalue weighted by Gasteiger charge is -2.35. The molecule has 0 aliphatic heterocycles. The Balaban J connectivity index is 0.000000276. The fourth-order valence-corrected chi connectivity index (χ4v) is 5.99. The number of ketones is 1.